The van der Waals surface area contributed by atoms with E-state index in [-0.39, 0.29) is 6.10 Å². The summed E-state index contributed by atoms with van der Waals surface area (Å²) < 4.78 is 5.35. The quantitative estimate of drug-likeness (QED) is 0.649. The van der Waals surface area contributed by atoms with Gasteiger partial charge in [0.05, 0.1) is 0 Å². The highest BCUT2D eigenvalue weighted by atomic mass is 16.5. The number of hydrogen-bond acceptors (Lipinski definition) is 2. The van der Waals surface area contributed by atoms with Gasteiger partial charge in [-0.25, -0.2) is 0 Å². The van der Waals surface area contributed by atoms with Gasteiger partial charge in [0.2, 0.25) is 0 Å². The van der Waals surface area contributed by atoms with Crippen LogP contribution in [0.5, 0.6) is 0 Å². The molecular weight excluding hydrogens is 162 g/mol. The van der Waals surface area contributed by atoms with Crippen LogP contribution in [0.2, 0.25) is 0 Å². The van der Waals surface area contributed by atoms with Gasteiger partial charge in [-0.15, -0.1) is 0 Å². The zero-order valence-electron chi connectivity index (χ0n) is 7.90. The third-order valence-corrected chi connectivity index (χ3v) is 2.36. The van der Waals surface area contributed by atoms with Crippen LogP contribution in [0.1, 0.15) is 11.7 Å². The first-order chi connectivity index (χ1) is 6.33. The van der Waals surface area contributed by atoms with Gasteiger partial charge in [0, 0.05) is 31.6 Å². The summed E-state index contributed by atoms with van der Waals surface area (Å²) in [4.78, 5) is 2.10. The number of rotatable bonds is 1. The van der Waals surface area contributed by atoms with Crippen molar-refractivity contribution in [3.05, 3.63) is 42.1 Å². The lowest BCUT2D eigenvalue weighted by molar-refractivity contribution is 0.142. The summed E-state index contributed by atoms with van der Waals surface area (Å²) in [5.74, 6) is 0. The lowest BCUT2D eigenvalue weighted by atomic mass is 10.0. The number of ether oxygens (including phenoxy) is 1. The lowest BCUT2D eigenvalue weighted by Crippen LogP contribution is -2.17. The number of anilines is 1. The maximum absolute atomic E-state index is 5.35. The van der Waals surface area contributed by atoms with E-state index in [4.69, 9.17) is 4.74 Å². The number of hydrogen-bond donors (Lipinski definition) is 0. The summed E-state index contributed by atoms with van der Waals surface area (Å²) in [7, 11) is 3.78. The fraction of sp³-hybridized carbons (Fsp3) is 0.273. The van der Waals surface area contributed by atoms with Gasteiger partial charge in [0.25, 0.3) is 0 Å². The zero-order chi connectivity index (χ0) is 9.26. The molecule has 13 heavy (non-hydrogen) atoms. The standard InChI is InChI=1S/C11H13NO/c1-12-8-7-11(13-2)9-5-3-4-6-10(9)12/h3-8,11H,1-2H3. The van der Waals surface area contributed by atoms with Crippen LogP contribution in [-0.4, -0.2) is 14.2 Å². The van der Waals surface area contributed by atoms with E-state index in [1.165, 1.54) is 11.3 Å². The topological polar surface area (TPSA) is 12.5 Å². The van der Waals surface area contributed by atoms with E-state index in [1.54, 1.807) is 7.11 Å². The van der Waals surface area contributed by atoms with Crippen LogP contribution in [-0.2, 0) is 4.74 Å². The molecule has 2 rings (SSSR count). The number of fused-ring (bicyclic) bond motifs is 1. The largest absolute Gasteiger partial charge is 0.373 e. The van der Waals surface area contributed by atoms with E-state index in [1.807, 2.05) is 25.4 Å². The third-order valence-electron chi connectivity index (χ3n) is 2.36. The van der Waals surface area contributed by atoms with Gasteiger partial charge >= 0.3 is 0 Å². The Morgan fingerprint density at radius 1 is 1.31 bits per heavy atom. The number of nitrogens with zero attached hydrogens (tertiary/aromatic N) is 1. The molecule has 0 radical (unpaired) electrons. The molecule has 2 heteroatoms. The van der Waals surface area contributed by atoms with Crippen LogP contribution in [0.4, 0.5) is 5.69 Å². The Bertz CT molecular complexity index is 333. The number of para-hydroxylation sites is 1. The molecular formula is C11H13NO. The van der Waals surface area contributed by atoms with E-state index < -0.39 is 0 Å². The second-order valence-corrected chi connectivity index (χ2v) is 3.17. The van der Waals surface area contributed by atoms with E-state index in [0.29, 0.717) is 0 Å². The van der Waals surface area contributed by atoms with E-state index in [9.17, 15) is 0 Å². The molecule has 0 bridgehead atoms. The minimum Gasteiger partial charge on any atom is -0.373 e. The van der Waals surface area contributed by atoms with Crippen molar-refractivity contribution >= 4 is 5.69 Å². The smallest absolute Gasteiger partial charge is 0.104 e. The fourth-order valence-electron chi connectivity index (χ4n) is 1.65. The Hall–Kier alpha value is -1.28. The van der Waals surface area contributed by atoms with Crippen LogP contribution >= 0.6 is 0 Å². The maximum Gasteiger partial charge on any atom is 0.104 e. The van der Waals surface area contributed by atoms with E-state index >= 15 is 0 Å². The van der Waals surface area contributed by atoms with Crippen molar-refractivity contribution < 1.29 is 4.74 Å². The second kappa shape index (κ2) is 3.23. The van der Waals surface area contributed by atoms with Crippen molar-refractivity contribution in [2.45, 2.75) is 6.10 Å². The molecule has 0 amide bonds. The van der Waals surface area contributed by atoms with Crippen LogP contribution < -0.4 is 4.90 Å². The van der Waals surface area contributed by atoms with Crippen molar-refractivity contribution in [1.29, 1.82) is 0 Å². The van der Waals surface area contributed by atoms with Crippen LogP contribution in [0.3, 0.4) is 0 Å². The monoisotopic (exact) mass is 175 g/mol. The normalized spacial score (nSPS) is 20.2. The van der Waals surface area contributed by atoms with Gasteiger partial charge < -0.3 is 9.64 Å². The molecule has 0 saturated heterocycles. The molecule has 0 aromatic heterocycles. The van der Waals surface area contributed by atoms with Gasteiger partial charge in [-0.1, -0.05) is 18.2 Å². The molecule has 1 aromatic rings. The molecule has 0 N–H and O–H groups in total. The molecule has 1 atom stereocenters. The average molecular weight is 175 g/mol. The first kappa shape index (κ1) is 8.32. The fourth-order valence-corrected chi connectivity index (χ4v) is 1.65. The first-order valence-electron chi connectivity index (χ1n) is 4.36. The predicted octanol–water partition coefficient (Wildman–Crippen LogP) is 2.34. The molecule has 0 fully saturated rings. The van der Waals surface area contributed by atoms with E-state index in [2.05, 4.69) is 23.1 Å². The summed E-state index contributed by atoms with van der Waals surface area (Å²) in [6.45, 7) is 0. The second-order valence-electron chi connectivity index (χ2n) is 3.17. The summed E-state index contributed by atoms with van der Waals surface area (Å²) in [6, 6.07) is 8.29. The van der Waals surface area contributed by atoms with Crippen molar-refractivity contribution in [3.63, 3.8) is 0 Å². The molecule has 1 unspecified atom stereocenters. The zero-order valence-corrected chi connectivity index (χ0v) is 7.90. The number of benzene rings is 1. The molecule has 0 saturated carbocycles. The van der Waals surface area contributed by atoms with Crippen LogP contribution in [0.25, 0.3) is 0 Å². The minimum absolute atomic E-state index is 0.104. The Morgan fingerprint density at radius 3 is 2.85 bits per heavy atom. The van der Waals surface area contributed by atoms with Gasteiger partial charge in [0.15, 0.2) is 0 Å². The van der Waals surface area contributed by atoms with E-state index in [0.717, 1.165) is 0 Å². The van der Waals surface area contributed by atoms with Gasteiger partial charge in [0.1, 0.15) is 6.10 Å². The molecule has 2 nitrogen and oxygen atoms in total. The Morgan fingerprint density at radius 2 is 2.08 bits per heavy atom. The Kier molecular flexibility index (Phi) is 2.07. The minimum atomic E-state index is 0.104. The summed E-state index contributed by atoms with van der Waals surface area (Å²) in [5, 5.41) is 0. The average Bonchev–Trinajstić information content (AvgIpc) is 2.19. The van der Waals surface area contributed by atoms with Gasteiger partial charge in [-0.05, 0) is 12.1 Å². The molecule has 0 spiro atoms. The first-order valence-corrected chi connectivity index (χ1v) is 4.36. The SMILES string of the molecule is COC1C=CN(C)c2ccccc21. The van der Waals surface area contributed by atoms with Gasteiger partial charge in [-0.3, -0.25) is 0 Å². The third kappa shape index (κ3) is 1.33. The summed E-state index contributed by atoms with van der Waals surface area (Å²) in [6.07, 6.45) is 4.20. The lowest BCUT2D eigenvalue weighted by Gasteiger charge is -2.26. The highest BCUT2D eigenvalue weighted by Gasteiger charge is 2.17. The highest BCUT2D eigenvalue weighted by molar-refractivity contribution is 5.59. The molecule has 1 heterocycles. The maximum atomic E-state index is 5.35. The van der Waals surface area contributed by atoms with Crippen LogP contribution in [0, 0.1) is 0 Å². The van der Waals surface area contributed by atoms with Gasteiger partial charge in [-0.2, -0.15) is 0 Å². The number of methoxy groups -OCH3 is 1. The Balaban J connectivity index is 2.48. The Labute approximate surface area is 78.4 Å². The molecule has 68 valence electrons. The molecule has 0 aliphatic carbocycles. The predicted molar refractivity (Wildman–Crippen MR) is 53.7 cm³/mol. The summed E-state index contributed by atoms with van der Waals surface area (Å²) in [5.41, 5.74) is 2.45. The van der Waals surface area contributed by atoms with Crippen molar-refractivity contribution in [3.8, 4) is 0 Å². The van der Waals surface area contributed by atoms with Crippen molar-refractivity contribution in [2.24, 2.45) is 0 Å². The van der Waals surface area contributed by atoms with Crippen molar-refractivity contribution in [1.82, 2.24) is 0 Å². The molecule has 1 aliphatic rings. The molecule has 1 aromatic carbocycles. The van der Waals surface area contributed by atoms with Crippen molar-refractivity contribution in [2.75, 3.05) is 19.1 Å². The summed E-state index contributed by atoms with van der Waals surface area (Å²) >= 11 is 0. The molecule has 1 aliphatic heterocycles. The highest BCUT2D eigenvalue weighted by Crippen LogP contribution is 2.32. The van der Waals surface area contributed by atoms with Crippen LogP contribution in [0.15, 0.2) is 36.5 Å².